The molecule has 8 aromatic rings. The van der Waals surface area contributed by atoms with Gasteiger partial charge in [-0.05, 0) is 90.6 Å². The van der Waals surface area contributed by atoms with E-state index in [-0.39, 0.29) is 0 Å². The highest BCUT2D eigenvalue weighted by atomic mass is 15.1. The van der Waals surface area contributed by atoms with Gasteiger partial charge in [0.25, 0.3) is 0 Å². The first kappa shape index (κ1) is 23.5. The summed E-state index contributed by atoms with van der Waals surface area (Å²) in [7, 11) is 0. The Hall–Kier alpha value is -5.40. The van der Waals surface area contributed by atoms with Crippen molar-refractivity contribution < 1.29 is 0 Å². The molecule has 0 aliphatic rings. The van der Waals surface area contributed by atoms with Gasteiger partial charge in [-0.3, -0.25) is 0 Å². The normalized spacial score (nSPS) is 11.4. The van der Waals surface area contributed by atoms with Gasteiger partial charge in [0.1, 0.15) is 0 Å². The molecular weight excluding hydrogens is 494 g/mol. The van der Waals surface area contributed by atoms with Crippen LogP contribution in [0.5, 0.6) is 0 Å². The number of anilines is 3. The lowest BCUT2D eigenvalue weighted by molar-refractivity contribution is 1.29. The third kappa shape index (κ3) is 4.11. The van der Waals surface area contributed by atoms with Crippen LogP contribution in [0.2, 0.25) is 0 Å². The van der Waals surface area contributed by atoms with Crippen molar-refractivity contribution in [2.24, 2.45) is 0 Å². The average Bonchev–Trinajstić information content (AvgIpc) is 3.05. The van der Waals surface area contributed by atoms with E-state index in [4.69, 9.17) is 0 Å². The van der Waals surface area contributed by atoms with Gasteiger partial charge in [-0.15, -0.1) is 0 Å². The third-order valence-electron chi connectivity index (χ3n) is 8.21. The van der Waals surface area contributed by atoms with Gasteiger partial charge in [0.15, 0.2) is 0 Å². The fraction of sp³-hybridized carbons (Fsp3) is 0. The van der Waals surface area contributed by atoms with Crippen LogP contribution in [0.1, 0.15) is 0 Å². The van der Waals surface area contributed by atoms with E-state index >= 15 is 0 Å². The Morgan fingerprint density at radius 2 is 0.683 bits per heavy atom. The minimum Gasteiger partial charge on any atom is -0.310 e. The Labute approximate surface area is 239 Å². The maximum Gasteiger partial charge on any atom is 0.0468 e. The van der Waals surface area contributed by atoms with Gasteiger partial charge >= 0.3 is 0 Å². The first-order valence-electron chi connectivity index (χ1n) is 14.1. The van der Waals surface area contributed by atoms with Crippen molar-refractivity contribution in [3.8, 4) is 11.1 Å². The van der Waals surface area contributed by atoms with E-state index in [0.29, 0.717) is 0 Å². The molecular formula is C40H27N. The quantitative estimate of drug-likeness (QED) is 0.208. The highest BCUT2D eigenvalue weighted by molar-refractivity contribution is 6.10. The molecule has 0 saturated carbocycles. The molecule has 0 saturated heterocycles. The molecule has 0 aliphatic heterocycles. The van der Waals surface area contributed by atoms with E-state index < -0.39 is 0 Å². The summed E-state index contributed by atoms with van der Waals surface area (Å²) in [6.45, 7) is 0. The van der Waals surface area contributed by atoms with E-state index in [1.807, 2.05) is 0 Å². The second kappa shape index (κ2) is 9.66. The molecule has 0 spiro atoms. The summed E-state index contributed by atoms with van der Waals surface area (Å²) in [5.74, 6) is 0. The topological polar surface area (TPSA) is 3.24 Å². The summed E-state index contributed by atoms with van der Waals surface area (Å²) in [6, 6.07) is 59.3. The molecule has 0 atom stereocenters. The molecule has 0 heterocycles. The van der Waals surface area contributed by atoms with Crippen molar-refractivity contribution in [3.05, 3.63) is 164 Å². The highest BCUT2D eigenvalue weighted by Crippen LogP contribution is 2.40. The second-order valence-corrected chi connectivity index (χ2v) is 10.6. The molecule has 0 fully saturated rings. The van der Waals surface area contributed by atoms with E-state index in [1.165, 1.54) is 54.2 Å². The first-order chi connectivity index (χ1) is 20.3. The number of fused-ring (bicyclic) bond motifs is 6. The lowest BCUT2D eigenvalue weighted by atomic mass is 9.99. The Balaban J connectivity index is 1.31. The first-order valence-corrected chi connectivity index (χ1v) is 14.1. The van der Waals surface area contributed by atoms with Gasteiger partial charge in [0, 0.05) is 17.1 Å². The van der Waals surface area contributed by atoms with Gasteiger partial charge in [-0.1, -0.05) is 127 Å². The van der Waals surface area contributed by atoms with Crippen LogP contribution in [0.15, 0.2) is 164 Å². The zero-order chi connectivity index (χ0) is 27.2. The molecule has 8 rings (SSSR count). The van der Waals surface area contributed by atoms with Crippen LogP contribution in [0.25, 0.3) is 54.2 Å². The summed E-state index contributed by atoms with van der Waals surface area (Å²) in [5.41, 5.74) is 5.84. The van der Waals surface area contributed by atoms with Crippen molar-refractivity contribution in [2.45, 2.75) is 0 Å². The van der Waals surface area contributed by atoms with Gasteiger partial charge < -0.3 is 4.90 Å². The number of hydrogen-bond acceptors (Lipinski definition) is 1. The summed E-state index contributed by atoms with van der Waals surface area (Å²) in [5, 5.41) is 10.1. The smallest absolute Gasteiger partial charge is 0.0468 e. The molecule has 0 radical (unpaired) electrons. The largest absolute Gasteiger partial charge is 0.310 e. The van der Waals surface area contributed by atoms with Crippen LogP contribution < -0.4 is 4.90 Å². The summed E-state index contributed by atoms with van der Waals surface area (Å²) in [4.78, 5) is 2.37. The molecule has 0 aliphatic carbocycles. The van der Waals surface area contributed by atoms with Gasteiger partial charge in [0.05, 0.1) is 0 Å². The Morgan fingerprint density at radius 1 is 0.268 bits per heavy atom. The summed E-state index contributed by atoms with van der Waals surface area (Å²) >= 11 is 0. The fourth-order valence-electron chi connectivity index (χ4n) is 6.16. The Morgan fingerprint density at radius 3 is 1.24 bits per heavy atom. The third-order valence-corrected chi connectivity index (χ3v) is 8.21. The molecule has 192 valence electrons. The number of nitrogens with zero attached hydrogens (tertiary/aromatic N) is 1. The molecule has 41 heavy (non-hydrogen) atoms. The second-order valence-electron chi connectivity index (χ2n) is 10.6. The van der Waals surface area contributed by atoms with Crippen LogP contribution in [-0.4, -0.2) is 0 Å². The molecule has 0 amide bonds. The van der Waals surface area contributed by atoms with Gasteiger partial charge in [0.2, 0.25) is 0 Å². The zero-order valence-electron chi connectivity index (χ0n) is 22.5. The van der Waals surface area contributed by atoms with Crippen LogP contribution in [0.4, 0.5) is 17.1 Å². The van der Waals surface area contributed by atoms with Crippen LogP contribution in [-0.2, 0) is 0 Å². The molecule has 8 aromatic carbocycles. The van der Waals surface area contributed by atoms with E-state index in [1.54, 1.807) is 0 Å². The predicted octanol–water partition coefficient (Wildman–Crippen LogP) is 11.4. The number of hydrogen-bond donors (Lipinski definition) is 0. The van der Waals surface area contributed by atoms with Crippen LogP contribution in [0.3, 0.4) is 0 Å². The van der Waals surface area contributed by atoms with Crippen LogP contribution in [0, 0.1) is 0 Å². The minimum atomic E-state index is 1.13. The maximum absolute atomic E-state index is 2.37. The zero-order valence-corrected chi connectivity index (χ0v) is 22.5. The van der Waals surface area contributed by atoms with Gasteiger partial charge in [-0.25, -0.2) is 0 Å². The van der Waals surface area contributed by atoms with Crippen molar-refractivity contribution >= 4 is 60.2 Å². The molecule has 0 aromatic heterocycles. The monoisotopic (exact) mass is 521 g/mol. The molecule has 0 unspecified atom stereocenters. The van der Waals surface area contributed by atoms with Crippen molar-refractivity contribution in [1.82, 2.24) is 0 Å². The molecule has 1 heteroatoms. The van der Waals surface area contributed by atoms with Crippen molar-refractivity contribution in [3.63, 3.8) is 0 Å². The number of rotatable bonds is 4. The molecule has 1 nitrogen and oxygen atoms in total. The van der Waals surface area contributed by atoms with Crippen LogP contribution >= 0.6 is 0 Å². The lowest BCUT2D eigenvalue weighted by Crippen LogP contribution is -2.10. The predicted molar refractivity (Wildman–Crippen MR) is 177 cm³/mol. The van der Waals surface area contributed by atoms with Gasteiger partial charge in [-0.2, -0.15) is 0 Å². The highest BCUT2D eigenvalue weighted by Gasteiger charge is 2.15. The lowest BCUT2D eigenvalue weighted by Gasteiger charge is -2.26. The molecule has 0 N–H and O–H groups in total. The van der Waals surface area contributed by atoms with E-state index in [9.17, 15) is 0 Å². The Kier molecular flexibility index (Phi) is 5.53. The molecule has 0 bridgehead atoms. The standard InChI is InChI=1S/C40H27N/c1-2-8-28(9-3-1)29-18-20-34(21-19-29)41(35-22-24-39-32(26-35)16-14-30-10-4-6-12-37(30)39)36-23-25-40-33(27-36)17-15-31-11-5-7-13-38(31)40/h1-27H. The average molecular weight is 522 g/mol. The summed E-state index contributed by atoms with van der Waals surface area (Å²) in [6.07, 6.45) is 0. The van der Waals surface area contributed by atoms with Crippen molar-refractivity contribution in [1.29, 1.82) is 0 Å². The maximum atomic E-state index is 2.37. The minimum absolute atomic E-state index is 1.13. The summed E-state index contributed by atoms with van der Waals surface area (Å²) < 4.78 is 0. The Bertz CT molecular complexity index is 2080. The fourth-order valence-corrected chi connectivity index (χ4v) is 6.16. The van der Waals surface area contributed by atoms with Crippen molar-refractivity contribution in [2.75, 3.05) is 4.90 Å². The van der Waals surface area contributed by atoms with E-state index in [2.05, 4.69) is 169 Å². The number of benzene rings is 8. The SMILES string of the molecule is c1ccc(-c2ccc(N(c3ccc4c(ccc5ccccc54)c3)c3ccc4c(ccc5ccccc54)c3)cc2)cc1. The van der Waals surface area contributed by atoms with E-state index in [0.717, 1.165) is 17.1 Å².